The smallest absolute Gasteiger partial charge is 0.233 e. The fourth-order valence-electron chi connectivity index (χ4n) is 4.37. The highest BCUT2D eigenvalue weighted by Gasteiger charge is 2.22. The van der Waals surface area contributed by atoms with Gasteiger partial charge in [-0.15, -0.1) is 0 Å². The second-order valence-electron chi connectivity index (χ2n) is 8.61. The number of hydrogen-bond acceptors (Lipinski definition) is 7. The molecule has 0 aliphatic carbocycles. The third kappa shape index (κ3) is 4.86. The summed E-state index contributed by atoms with van der Waals surface area (Å²) in [4.78, 5) is 9.16. The van der Waals surface area contributed by atoms with Crippen LogP contribution in [0.2, 0.25) is 0 Å². The van der Waals surface area contributed by atoms with Gasteiger partial charge < -0.3 is 9.88 Å². The minimum atomic E-state index is -3.43. The Bertz CT molecular complexity index is 1420. The van der Waals surface area contributed by atoms with Crippen LogP contribution in [0.4, 0.5) is 17.3 Å². The molecule has 0 unspecified atom stereocenters. The summed E-state index contributed by atoms with van der Waals surface area (Å²) in [5, 5.41) is 8.93. The lowest BCUT2D eigenvalue weighted by Crippen LogP contribution is -2.51. The number of piperazine rings is 1. The highest BCUT2D eigenvalue weighted by molar-refractivity contribution is 7.92. The van der Waals surface area contributed by atoms with Crippen molar-refractivity contribution in [2.24, 2.45) is 0 Å². The lowest BCUT2D eigenvalue weighted by atomic mass is 10.2. The number of fused-ring (bicyclic) bond motifs is 1. The number of benzene rings is 1. The van der Waals surface area contributed by atoms with E-state index >= 15 is 0 Å². The van der Waals surface area contributed by atoms with Gasteiger partial charge in [-0.3, -0.25) is 9.31 Å². The van der Waals surface area contributed by atoms with Crippen molar-refractivity contribution in [3.05, 3.63) is 78.8 Å². The molecule has 5 rings (SSSR count). The molecular weight excluding hydrogens is 462 g/mol. The predicted molar refractivity (Wildman–Crippen MR) is 139 cm³/mol. The minimum Gasteiger partial charge on any atom is -0.343 e. The van der Waals surface area contributed by atoms with E-state index < -0.39 is 10.0 Å². The summed E-state index contributed by atoms with van der Waals surface area (Å²) in [6.45, 7) is 4.08. The second-order valence-corrected chi connectivity index (χ2v) is 10.6. The molecule has 0 radical (unpaired) electrons. The van der Waals surface area contributed by atoms with Crippen LogP contribution in [0.15, 0.2) is 73.2 Å². The topological polar surface area (TPSA) is 86.6 Å². The Labute approximate surface area is 205 Å². The average Bonchev–Trinajstić information content (AvgIpc) is 3.27. The summed E-state index contributed by atoms with van der Waals surface area (Å²) in [7, 11) is -1.90. The van der Waals surface area contributed by atoms with E-state index in [0.29, 0.717) is 12.4 Å². The van der Waals surface area contributed by atoms with Gasteiger partial charge in [-0.2, -0.15) is 0 Å². The van der Waals surface area contributed by atoms with Crippen molar-refractivity contribution in [2.45, 2.75) is 6.54 Å². The van der Waals surface area contributed by atoms with Crippen molar-refractivity contribution in [2.75, 3.05) is 48.8 Å². The Morgan fingerprint density at radius 1 is 1.03 bits per heavy atom. The number of aromatic nitrogens is 3. The fourth-order valence-corrected chi connectivity index (χ4v) is 4.85. The van der Waals surface area contributed by atoms with Crippen LogP contribution < -0.4 is 14.6 Å². The van der Waals surface area contributed by atoms with Crippen LogP contribution in [0.5, 0.6) is 0 Å². The Morgan fingerprint density at radius 2 is 1.80 bits per heavy atom. The third-order valence-corrected chi connectivity index (χ3v) is 7.41. The number of hydrogen-bond donors (Lipinski definition) is 1. The summed E-state index contributed by atoms with van der Waals surface area (Å²) in [6, 6.07) is 18.1. The molecule has 1 aliphatic rings. The first-order valence-electron chi connectivity index (χ1n) is 11.6. The number of sulfonamides is 1. The van der Waals surface area contributed by atoms with Crippen LogP contribution in [-0.4, -0.2) is 67.4 Å². The molecule has 1 aliphatic heterocycles. The Morgan fingerprint density at radius 3 is 2.54 bits per heavy atom. The maximum atomic E-state index is 12.2. The van der Waals surface area contributed by atoms with E-state index in [1.807, 2.05) is 48.8 Å². The molecule has 3 aromatic heterocycles. The van der Waals surface area contributed by atoms with Crippen molar-refractivity contribution in [1.29, 1.82) is 0 Å². The summed E-state index contributed by atoms with van der Waals surface area (Å²) < 4.78 is 27.7. The molecule has 10 heteroatoms. The van der Waals surface area contributed by atoms with Gasteiger partial charge in [-0.1, -0.05) is 24.3 Å². The molecule has 0 atom stereocenters. The zero-order chi connectivity index (χ0) is 24.4. The number of hydrazine groups is 1. The van der Waals surface area contributed by atoms with Crippen LogP contribution in [-0.2, 0) is 16.6 Å². The molecule has 1 N–H and O–H groups in total. The Balaban J connectivity index is 1.54. The van der Waals surface area contributed by atoms with E-state index in [1.54, 1.807) is 6.20 Å². The molecule has 182 valence electrons. The molecule has 0 spiro atoms. The first-order valence-corrected chi connectivity index (χ1v) is 13.4. The monoisotopic (exact) mass is 491 g/mol. The van der Waals surface area contributed by atoms with Crippen molar-refractivity contribution in [3.63, 3.8) is 0 Å². The van der Waals surface area contributed by atoms with Gasteiger partial charge in [-0.25, -0.2) is 23.4 Å². The average molecular weight is 492 g/mol. The van der Waals surface area contributed by atoms with Gasteiger partial charge >= 0.3 is 0 Å². The van der Waals surface area contributed by atoms with Gasteiger partial charge in [0.2, 0.25) is 10.0 Å². The predicted octanol–water partition coefficient (Wildman–Crippen LogP) is 2.83. The van der Waals surface area contributed by atoms with Gasteiger partial charge in [-0.05, 0) is 24.3 Å². The van der Waals surface area contributed by atoms with E-state index in [0.717, 1.165) is 54.2 Å². The van der Waals surface area contributed by atoms with E-state index in [2.05, 4.69) is 43.1 Å². The summed E-state index contributed by atoms with van der Waals surface area (Å²) in [5.41, 5.74) is 2.89. The maximum Gasteiger partial charge on any atom is 0.233 e. The van der Waals surface area contributed by atoms with Gasteiger partial charge in [0.15, 0.2) is 0 Å². The molecule has 9 nitrogen and oxygen atoms in total. The van der Waals surface area contributed by atoms with Gasteiger partial charge in [0.25, 0.3) is 0 Å². The largest absolute Gasteiger partial charge is 0.343 e. The molecule has 1 fully saturated rings. The third-order valence-electron chi connectivity index (χ3n) is 6.24. The van der Waals surface area contributed by atoms with Crippen LogP contribution >= 0.6 is 0 Å². The van der Waals surface area contributed by atoms with Crippen LogP contribution in [0.25, 0.3) is 10.9 Å². The lowest BCUT2D eigenvalue weighted by Gasteiger charge is -2.38. The zero-order valence-corrected chi connectivity index (χ0v) is 20.7. The van der Waals surface area contributed by atoms with E-state index in [-0.39, 0.29) is 0 Å². The van der Waals surface area contributed by atoms with Gasteiger partial charge in [0.05, 0.1) is 24.0 Å². The van der Waals surface area contributed by atoms with Crippen molar-refractivity contribution >= 4 is 38.2 Å². The van der Waals surface area contributed by atoms with Crippen molar-refractivity contribution < 1.29 is 8.42 Å². The first kappa shape index (κ1) is 23.3. The number of anilines is 3. The van der Waals surface area contributed by atoms with E-state index in [1.165, 1.54) is 17.6 Å². The molecule has 4 aromatic rings. The zero-order valence-electron chi connectivity index (χ0n) is 19.9. The van der Waals surface area contributed by atoms with Crippen LogP contribution in [0.1, 0.15) is 5.56 Å². The molecule has 35 heavy (non-hydrogen) atoms. The molecule has 0 bridgehead atoms. The Kier molecular flexibility index (Phi) is 6.42. The molecular formula is C25H29N7O2S. The quantitative estimate of drug-likeness (QED) is 0.425. The highest BCUT2D eigenvalue weighted by atomic mass is 32.2. The second kappa shape index (κ2) is 9.65. The molecule has 1 saturated heterocycles. The van der Waals surface area contributed by atoms with Crippen LogP contribution in [0, 0.1) is 0 Å². The van der Waals surface area contributed by atoms with Crippen LogP contribution in [0.3, 0.4) is 0 Å². The number of pyridine rings is 2. The lowest BCUT2D eigenvalue weighted by molar-refractivity contribution is 0.242. The maximum absolute atomic E-state index is 12.2. The van der Waals surface area contributed by atoms with Crippen molar-refractivity contribution in [3.8, 4) is 0 Å². The fraction of sp³-hybridized carbons (Fsp3) is 0.280. The van der Waals surface area contributed by atoms with Gasteiger partial charge in [0, 0.05) is 68.8 Å². The number of nitrogens with zero attached hydrogens (tertiary/aromatic N) is 6. The standard InChI is InChI=1S/C25H29N7O2S/c1-29(35(2,33)34)25-21(7-6-11-27-25)19-30-14-10-20-18-28-24(17-23(20)30)32(22-8-4-3-5-9-22)31-15-12-26-13-16-31/h3-11,14,17-18,26H,12-13,15-16,19H2,1-2H3. The first-order chi connectivity index (χ1) is 16.9. The molecule has 0 saturated carbocycles. The summed E-state index contributed by atoms with van der Waals surface area (Å²) in [5.74, 6) is 1.27. The van der Waals surface area contributed by atoms with E-state index in [4.69, 9.17) is 4.98 Å². The normalized spacial score (nSPS) is 14.8. The number of nitrogens with one attached hydrogen (secondary N) is 1. The molecule has 1 aromatic carbocycles. The SMILES string of the molecule is CN(c1ncccc1Cn1ccc2cnc(N(c3ccccc3)N3CCNCC3)cc21)S(C)(=O)=O. The molecule has 0 amide bonds. The van der Waals surface area contributed by atoms with Crippen molar-refractivity contribution in [1.82, 2.24) is 24.9 Å². The summed E-state index contributed by atoms with van der Waals surface area (Å²) in [6.07, 6.45) is 6.70. The Hall–Kier alpha value is -3.47. The number of rotatable bonds is 7. The van der Waals surface area contributed by atoms with E-state index in [9.17, 15) is 8.42 Å². The highest BCUT2D eigenvalue weighted by Crippen LogP contribution is 2.30. The number of para-hydroxylation sites is 1. The van der Waals surface area contributed by atoms with Gasteiger partial charge in [0.1, 0.15) is 11.6 Å². The minimum absolute atomic E-state index is 0.429. The molecule has 4 heterocycles. The summed E-state index contributed by atoms with van der Waals surface area (Å²) >= 11 is 0.